The van der Waals surface area contributed by atoms with Gasteiger partial charge in [-0.25, -0.2) is 0 Å². The Kier molecular flexibility index (Phi) is 55.5. The van der Waals surface area contributed by atoms with E-state index in [0.717, 1.165) is 96.3 Å². The Morgan fingerprint density at radius 1 is 0.227 bits per heavy atom. The quantitative estimate of drug-likeness (QED) is 0.0329. The van der Waals surface area contributed by atoms with Crippen molar-refractivity contribution in [3.05, 3.63) is 0 Å². The molecule has 0 saturated heterocycles. The minimum atomic E-state index is -1.36. The minimum absolute atomic E-state index is 0.126. The number of rotatable bonds is 59. The van der Waals surface area contributed by atoms with Gasteiger partial charge >= 0.3 is 29.8 Å². The van der Waals surface area contributed by atoms with Crippen molar-refractivity contribution in [3.8, 4) is 0 Å². The second-order valence-electron chi connectivity index (χ2n) is 22.3. The molecule has 0 aromatic rings. The summed E-state index contributed by atoms with van der Waals surface area (Å²) in [6, 6.07) is 0. The summed E-state index contributed by atoms with van der Waals surface area (Å²) in [5, 5.41) is 0. The summed E-state index contributed by atoms with van der Waals surface area (Å²) in [6.45, 7) is 10.3. The zero-order chi connectivity index (χ0) is 54.9. The van der Waals surface area contributed by atoms with Crippen LogP contribution in [0.1, 0.15) is 356 Å². The normalized spacial score (nSPS) is 12.5. The molecule has 0 amide bonds. The zero-order valence-corrected chi connectivity index (χ0v) is 50.1. The summed E-state index contributed by atoms with van der Waals surface area (Å²) in [7, 11) is 0. The van der Waals surface area contributed by atoms with Gasteiger partial charge in [-0.15, -0.1) is 0 Å². The van der Waals surface area contributed by atoms with Crippen LogP contribution in [0.4, 0.5) is 0 Å². The summed E-state index contributed by atoms with van der Waals surface area (Å²) < 4.78 is 30.3. The first-order chi connectivity index (χ1) is 36.7. The van der Waals surface area contributed by atoms with Crippen LogP contribution < -0.4 is 0 Å². The van der Waals surface area contributed by atoms with Gasteiger partial charge in [0, 0.05) is 32.1 Å². The topological polar surface area (TPSA) is 132 Å². The Morgan fingerprint density at radius 2 is 0.400 bits per heavy atom. The molecule has 0 rings (SSSR count). The van der Waals surface area contributed by atoms with Gasteiger partial charge in [-0.3, -0.25) is 24.0 Å². The van der Waals surface area contributed by atoms with E-state index in [1.54, 1.807) is 0 Å². The summed E-state index contributed by atoms with van der Waals surface area (Å²) >= 11 is 0. The van der Waals surface area contributed by atoms with E-state index in [-0.39, 0.29) is 45.3 Å². The first kappa shape index (κ1) is 72.3. The number of hydrogen-bond acceptors (Lipinski definition) is 10. The van der Waals surface area contributed by atoms with Crippen molar-refractivity contribution in [2.24, 2.45) is 0 Å². The Bertz CT molecular complexity index is 1210. The first-order valence-electron chi connectivity index (χ1n) is 32.6. The van der Waals surface area contributed by atoms with Gasteiger partial charge in [0.2, 0.25) is 0 Å². The number of esters is 5. The molecule has 3 atom stereocenters. The molecule has 0 radical (unpaired) electrons. The molecule has 1 unspecified atom stereocenters. The number of ether oxygens (including phenoxy) is 5. The third-order valence-corrected chi connectivity index (χ3v) is 14.8. The fourth-order valence-corrected chi connectivity index (χ4v) is 9.84. The molecule has 0 aliphatic heterocycles. The van der Waals surface area contributed by atoms with E-state index in [1.165, 1.54) is 161 Å². The van der Waals surface area contributed by atoms with Crippen LogP contribution in [-0.4, -0.2) is 61.4 Å². The van der Waals surface area contributed by atoms with E-state index in [9.17, 15) is 24.0 Å². The molecule has 442 valence electrons. The van der Waals surface area contributed by atoms with Crippen LogP contribution in [0.5, 0.6) is 0 Å². The van der Waals surface area contributed by atoms with Gasteiger partial charge in [-0.1, -0.05) is 291 Å². The highest BCUT2D eigenvalue weighted by molar-refractivity contribution is 5.72. The maximum absolute atomic E-state index is 13.9. The lowest BCUT2D eigenvalue weighted by atomic mass is 10.1. The fourth-order valence-electron chi connectivity index (χ4n) is 9.84. The molecule has 0 aromatic carbocycles. The van der Waals surface area contributed by atoms with Crippen LogP contribution in [0.2, 0.25) is 0 Å². The molecular weight excluding hydrogens is 941 g/mol. The third kappa shape index (κ3) is 50.6. The number of hydrogen-bond donors (Lipinski definition) is 0. The lowest BCUT2D eigenvalue weighted by Crippen LogP contribution is -2.50. The van der Waals surface area contributed by atoms with Gasteiger partial charge in [-0.05, 0) is 32.1 Å². The van der Waals surface area contributed by atoms with E-state index in [0.29, 0.717) is 32.1 Å². The third-order valence-electron chi connectivity index (χ3n) is 14.8. The average molecular weight is 1060 g/mol. The van der Waals surface area contributed by atoms with Crippen molar-refractivity contribution >= 4 is 29.8 Å². The molecule has 0 N–H and O–H groups in total. The summed E-state index contributed by atoms with van der Waals surface area (Å²) in [6.07, 6.45) is 46.3. The van der Waals surface area contributed by atoms with E-state index in [4.69, 9.17) is 23.7 Å². The van der Waals surface area contributed by atoms with Crippen LogP contribution >= 0.6 is 0 Å². The van der Waals surface area contributed by atoms with Crippen LogP contribution in [-0.2, 0) is 47.7 Å². The average Bonchev–Trinajstić information content (AvgIpc) is 3.40. The number of unbranched alkanes of at least 4 members (excludes halogenated alkanes) is 40. The summed E-state index contributed by atoms with van der Waals surface area (Å²) in [4.78, 5) is 68.2. The Balaban J connectivity index is 6.41. The van der Waals surface area contributed by atoms with E-state index in [1.807, 2.05) is 0 Å². The van der Waals surface area contributed by atoms with Gasteiger partial charge < -0.3 is 23.7 Å². The predicted molar refractivity (Wildman–Crippen MR) is 311 cm³/mol. The Labute approximate surface area is 462 Å². The molecular formula is C65H122O10. The van der Waals surface area contributed by atoms with Crippen molar-refractivity contribution in [2.45, 2.75) is 374 Å². The molecule has 10 heteroatoms. The number of carbonyl (C=O) groups excluding carboxylic acids is 5. The van der Waals surface area contributed by atoms with Crippen molar-refractivity contribution in [1.29, 1.82) is 0 Å². The smallest absolute Gasteiger partial charge is 0.306 e. The summed E-state index contributed by atoms with van der Waals surface area (Å²) in [5.41, 5.74) is 0. The summed E-state index contributed by atoms with van der Waals surface area (Å²) in [5.74, 6) is -2.38. The second-order valence-corrected chi connectivity index (χ2v) is 22.3. The monoisotopic (exact) mass is 1060 g/mol. The van der Waals surface area contributed by atoms with Gasteiger partial charge in [0.1, 0.15) is 13.2 Å². The molecule has 0 fully saturated rings. The standard InChI is InChI=1S/C65H122O10/c1-6-11-16-21-26-31-36-41-46-51-60(66)71-56-58(73-62(68)53-48-43-38-33-28-23-18-13-8-3)65(75-64(70)55-50-45-40-35-30-25-20-15-10-5)59(74-63(69)54-49-44-39-34-29-24-19-14-9-4)57-72-61(67)52-47-42-37-32-27-22-17-12-7-2/h58-59,65H,6-57H2,1-5H3/t58-,59+,65?. The van der Waals surface area contributed by atoms with E-state index < -0.39 is 48.2 Å². The highest BCUT2D eigenvalue weighted by atomic mass is 16.6. The Morgan fingerprint density at radius 3 is 0.613 bits per heavy atom. The predicted octanol–water partition coefficient (Wildman–Crippen LogP) is 19.4. The largest absolute Gasteiger partial charge is 0.462 e. The molecule has 0 heterocycles. The molecule has 0 aliphatic carbocycles. The molecule has 0 bridgehead atoms. The van der Waals surface area contributed by atoms with Crippen LogP contribution in [0.3, 0.4) is 0 Å². The van der Waals surface area contributed by atoms with Gasteiger partial charge in [0.15, 0.2) is 18.3 Å². The molecule has 0 saturated carbocycles. The second kappa shape index (κ2) is 57.5. The lowest BCUT2D eigenvalue weighted by Gasteiger charge is -2.32. The molecule has 0 aliphatic rings. The van der Waals surface area contributed by atoms with Crippen molar-refractivity contribution in [1.82, 2.24) is 0 Å². The fraction of sp³-hybridized carbons (Fsp3) is 0.923. The van der Waals surface area contributed by atoms with Crippen molar-refractivity contribution in [3.63, 3.8) is 0 Å². The zero-order valence-electron chi connectivity index (χ0n) is 50.1. The Hall–Kier alpha value is -2.65. The van der Waals surface area contributed by atoms with Gasteiger partial charge in [-0.2, -0.15) is 0 Å². The van der Waals surface area contributed by atoms with Crippen LogP contribution in [0.15, 0.2) is 0 Å². The lowest BCUT2D eigenvalue weighted by molar-refractivity contribution is -0.197. The SMILES string of the molecule is CCCCCCCCCCCC(=O)OC[C@H](OC(=O)CCCCCCCCCCC)C(OC(=O)CCCCCCCCCCC)[C@@H](COC(=O)CCCCCCCCCCC)OC(=O)CCCCCCCCCCC. The number of carbonyl (C=O) groups is 5. The minimum Gasteiger partial charge on any atom is -0.462 e. The molecule has 0 spiro atoms. The van der Waals surface area contributed by atoms with Crippen LogP contribution in [0.25, 0.3) is 0 Å². The molecule has 0 aromatic heterocycles. The van der Waals surface area contributed by atoms with Crippen molar-refractivity contribution in [2.75, 3.05) is 13.2 Å². The molecule has 75 heavy (non-hydrogen) atoms. The maximum Gasteiger partial charge on any atom is 0.306 e. The van der Waals surface area contributed by atoms with Gasteiger partial charge in [0.05, 0.1) is 0 Å². The van der Waals surface area contributed by atoms with E-state index in [2.05, 4.69) is 34.6 Å². The highest BCUT2D eigenvalue weighted by Gasteiger charge is 2.40. The highest BCUT2D eigenvalue weighted by Crippen LogP contribution is 2.22. The van der Waals surface area contributed by atoms with Gasteiger partial charge in [0.25, 0.3) is 0 Å². The first-order valence-corrected chi connectivity index (χ1v) is 32.6. The van der Waals surface area contributed by atoms with Crippen LogP contribution in [0, 0.1) is 0 Å². The van der Waals surface area contributed by atoms with Crippen molar-refractivity contribution < 1.29 is 47.7 Å². The van der Waals surface area contributed by atoms with E-state index >= 15 is 0 Å². The molecule has 10 nitrogen and oxygen atoms in total. The maximum atomic E-state index is 13.9.